The Morgan fingerprint density at radius 3 is 2.39 bits per heavy atom. The highest BCUT2D eigenvalue weighted by Gasteiger charge is 2.12. The number of sulfonamides is 1. The predicted octanol–water partition coefficient (Wildman–Crippen LogP) is 0.971. The Hall–Kier alpha value is -1.19. The number of methoxy groups -OCH3 is 1. The highest BCUT2D eigenvalue weighted by molar-refractivity contribution is 7.89. The lowest BCUT2D eigenvalue weighted by Crippen LogP contribution is -2.30. The zero-order chi connectivity index (χ0) is 16.4. The van der Waals surface area contributed by atoms with Crippen molar-refractivity contribution in [1.29, 1.82) is 0 Å². The van der Waals surface area contributed by atoms with E-state index in [9.17, 15) is 13.2 Å². The maximum atomic E-state index is 11.9. The van der Waals surface area contributed by atoms with Crippen molar-refractivity contribution in [2.24, 2.45) is 0 Å². The molecule has 1 aromatic rings. The second-order valence-corrected chi connectivity index (χ2v) is 6.41. The van der Waals surface area contributed by atoms with E-state index < -0.39 is 10.0 Å². The Labute approximate surface area is 143 Å². The molecule has 1 amide bonds. The van der Waals surface area contributed by atoms with Crippen molar-refractivity contribution < 1.29 is 17.9 Å². The van der Waals surface area contributed by atoms with Crippen molar-refractivity contribution in [3.63, 3.8) is 0 Å². The minimum atomic E-state index is -3.48. The molecule has 0 aliphatic carbocycles. The topological polar surface area (TPSA) is 96.5 Å². The number of halogens is 1. The van der Waals surface area contributed by atoms with Crippen LogP contribution in [0, 0.1) is 0 Å². The molecule has 0 aliphatic rings. The van der Waals surface area contributed by atoms with Crippen LogP contribution in [0.3, 0.4) is 0 Å². The van der Waals surface area contributed by atoms with Gasteiger partial charge in [-0.05, 0) is 30.7 Å². The summed E-state index contributed by atoms with van der Waals surface area (Å²) in [5, 5.41) is 5.61. The first-order valence-electron chi connectivity index (χ1n) is 7.09. The summed E-state index contributed by atoms with van der Waals surface area (Å²) in [5.74, 6) is -0.198. The Kier molecular flexibility index (Phi) is 10.8. The Morgan fingerprint density at radius 1 is 1.17 bits per heavy atom. The summed E-state index contributed by atoms with van der Waals surface area (Å²) >= 11 is 0. The number of benzene rings is 1. The third-order valence-electron chi connectivity index (χ3n) is 2.76. The van der Waals surface area contributed by atoms with E-state index in [1.807, 2.05) is 6.92 Å². The number of anilines is 1. The third kappa shape index (κ3) is 8.29. The molecule has 132 valence electrons. The normalized spacial score (nSPS) is 10.9. The third-order valence-corrected chi connectivity index (χ3v) is 4.24. The summed E-state index contributed by atoms with van der Waals surface area (Å²) in [7, 11) is -1.89. The van der Waals surface area contributed by atoms with E-state index in [1.54, 1.807) is 19.2 Å². The molecule has 1 rings (SSSR count). The van der Waals surface area contributed by atoms with Gasteiger partial charge in [-0.2, -0.15) is 0 Å². The molecular formula is C14H24ClN3O4S. The van der Waals surface area contributed by atoms with Gasteiger partial charge in [0.25, 0.3) is 0 Å². The molecule has 9 heteroatoms. The van der Waals surface area contributed by atoms with E-state index >= 15 is 0 Å². The van der Waals surface area contributed by atoms with Crippen molar-refractivity contribution in [3.8, 4) is 0 Å². The zero-order valence-electron chi connectivity index (χ0n) is 13.3. The molecule has 1 aromatic carbocycles. The summed E-state index contributed by atoms with van der Waals surface area (Å²) in [6.45, 7) is 3.58. The Bertz CT molecular complexity index is 564. The predicted molar refractivity (Wildman–Crippen MR) is 92.5 cm³/mol. The van der Waals surface area contributed by atoms with Crippen LogP contribution < -0.4 is 15.4 Å². The lowest BCUT2D eigenvalue weighted by Gasteiger charge is -2.08. The first kappa shape index (κ1) is 21.8. The van der Waals surface area contributed by atoms with E-state index in [2.05, 4.69) is 15.4 Å². The van der Waals surface area contributed by atoms with Gasteiger partial charge < -0.3 is 15.4 Å². The molecule has 7 nitrogen and oxygen atoms in total. The number of ether oxygens (including phenoxy) is 1. The second-order valence-electron chi connectivity index (χ2n) is 4.64. The standard InChI is InChI=1S/C14H23N3O4S.ClH/c1-3-8-16-22(19,20)13-6-4-12(5-7-13)17-14(18)11-15-9-10-21-2;/h4-7,15-16H,3,8-11H2,1-2H3,(H,17,18);1H. The molecule has 0 atom stereocenters. The summed E-state index contributed by atoms with van der Waals surface area (Å²) in [6.07, 6.45) is 0.726. The van der Waals surface area contributed by atoms with Crippen LogP contribution in [0.5, 0.6) is 0 Å². The van der Waals surface area contributed by atoms with Crippen LogP contribution in [0.15, 0.2) is 29.2 Å². The van der Waals surface area contributed by atoms with Crippen LogP contribution in [0.25, 0.3) is 0 Å². The smallest absolute Gasteiger partial charge is 0.240 e. The number of rotatable bonds is 10. The maximum absolute atomic E-state index is 11.9. The Morgan fingerprint density at radius 2 is 1.83 bits per heavy atom. The van der Waals surface area contributed by atoms with Gasteiger partial charge in [-0.3, -0.25) is 4.79 Å². The van der Waals surface area contributed by atoms with Crippen molar-refractivity contribution in [3.05, 3.63) is 24.3 Å². The molecular weight excluding hydrogens is 342 g/mol. The van der Waals surface area contributed by atoms with E-state index in [4.69, 9.17) is 4.74 Å². The quantitative estimate of drug-likeness (QED) is 0.537. The van der Waals surface area contributed by atoms with Crippen LogP contribution in [-0.2, 0) is 19.6 Å². The van der Waals surface area contributed by atoms with Crippen molar-refractivity contribution in [2.75, 3.05) is 38.7 Å². The summed E-state index contributed by atoms with van der Waals surface area (Å²) < 4.78 is 31.2. The van der Waals surface area contributed by atoms with Crippen LogP contribution in [0.1, 0.15) is 13.3 Å². The van der Waals surface area contributed by atoms with Crippen molar-refractivity contribution in [2.45, 2.75) is 18.2 Å². The average Bonchev–Trinajstić information content (AvgIpc) is 2.50. The van der Waals surface area contributed by atoms with Crippen molar-refractivity contribution in [1.82, 2.24) is 10.0 Å². The molecule has 0 saturated carbocycles. The number of nitrogens with one attached hydrogen (secondary N) is 3. The number of amides is 1. The lowest BCUT2D eigenvalue weighted by molar-refractivity contribution is -0.115. The van der Waals surface area contributed by atoms with Gasteiger partial charge in [0.15, 0.2) is 0 Å². The van der Waals surface area contributed by atoms with Crippen LogP contribution >= 0.6 is 12.4 Å². The zero-order valence-corrected chi connectivity index (χ0v) is 14.9. The fourth-order valence-corrected chi connectivity index (χ4v) is 2.75. The van der Waals surface area contributed by atoms with Gasteiger partial charge >= 0.3 is 0 Å². The van der Waals surface area contributed by atoms with Gasteiger partial charge in [-0.15, -0.1) is 12.4 Å². The number of carbonyl (C=O) groups excluding carboxylic acids is 1. The SMILES string of the molecule is CCCNS(=O)(=O)c1ccc(NC(=O)CNCCOC)cc1.Cl. The average molecular weight is 366 g/mol. The molecule has 0 unspecified atom stereocenters. The lowest BCUT2D eigenvalue weighted by atomic mass is 10.3. The van der Waals surface area contributed by atoms with E-state index in [0.717, 1.165) is 6.42 Å². The molecule has 0 aliphatic heterocycles. The summed E-state index contributed by atoms with van der Waals surface area (Å²) in [6, 6.07) is 6.05. The Balaban J connectivity index is 0.00000484. The number of carbonyl (C=O) groups is 1. The van der Waals surface area contributed by atoms with Gasteiger partial charge in [0.1, 0.15) is 0 Å². The van der Waals surface area contributed by atoms with Crippen LogP contribution in [0.4, 0.5) is 5.69 Å². The van der Waals surface area contributed by atoms with E-state index in [-0.39, 0.29) is 29.8 Å². The minimum Gasteiger partial charge on any atom is -0.383 e. The molecule has 0 saturated heterocycles. The molecule has 0 aromatic heterocycles. The first-order chi connectivity index (χ1) is 10.5. The second kappa shape index (κ2) is 11.4. The number of hydrogen-bond donors (Lipinski definition) is 3. The fourth-order valence-electron chi connectivity index (χ4n) is 1.62. The van der Waals surface area contributed by atoms with Crippen LogP contribution in [0.2, 0.25) is 0 Å². The van der Waals surface area contributed by atoms with Crippen LogP contribution in [-0.4, -0.2) is 47.7 Å². The molecule has 0 bridgehead atoms. The van der Waals surface area contributed by atoms with Gasteiger partial charge in [-0.1, -0.05) is 6.92 Å². The molecule has 3 N–H and O–H groups in total. The van der Waals surface area contributed by atoms with Gasteiger partial charge in [-0.25, -0.2) is 13.1 Å². The van der Waals surface area contributed by atoms with Gasteiger partial charge in [0, 0.05) is 25.9 Å². The molecule has 0 fully saturated rings. The minimum absolute atomic E-state index is 0. The molecule has 0 spiro atoms. The van der Waals surface area contributed by atoms with Crippen molar-refractivity contribution >= 4 is 34.0 Å². The highest BCUT2D eigenvalue weighted by Crippen LogP contribution is 2.13. The molecule has 23 heavy (non-hydrogen) atoms. The van der Waals surface area contributed by atoms with E-state index in [0.29, 0.717) is 25.4 Å². The fraction of sp³-hybridized carbons (Fsp3) is 0.500. The van der Waals surface area contributed by atoms with E-state index in [1.165, 1.54) is 12.1 Å². The molecule has 0 radical (unpaired) electrons. The monoisotopic (exact) mass is 365 g/mol. The number of hydrogen-bond acceptors (Lipinski definition) is 5. The van der Waals surface area contributed by atoms with Gasteiger partial charge in [0.05, 0.1) is 18.0 Å². The first-order valence-corrected chi connectivity index (χ1v) is 8.57. The van der Waals surface area contributed by atoms with Gasteiger partial charge in [0.2, 0.25) is 15.9 Å². The summed E-state index contributed by atoms with van der Waals surface area (Å²) in [5.41, 5.74) is 0.549. The molecule has 0 heterocycles. The maximum Gasteiger partial charge on any atom is 0.240 e. The summed E-state index contributed by atoms with van der Waals surface area (Å²) in [4.78, 5) is 11.8. The highest BCUT2D eigenvalue weighted by atomic mass is 35.5. The largest absolute Gasteiger partial charge is 0.383 e.